The van der Waals surface area contributed by atoms with Gasteiger partial charge in [-0.25, -0.2) is 0 Å². The van der Waals surface area contributed by atoms with Crippen molar-refractivity contribution in [1.82, 2.24) is 0 Å². The molecule has 27 heavy (non-hydrogen) atoms. The Bertz CT molecular complexity index is 321. The molecule has 0 fully saturated rings. The minimum Gasteiger partial charge on any atom is -0.415 e. The van der Waals surface area contributed by atoms with Crippen molar-refractivity contribution >= 4 is 16.6 Å². The summed E-state index contributed by atoms with van der Waals surface area (Å²) in [6.07, 6.45) is 19.9. The Hall–Kier alpha value is 0.354. The number of rotatable bonds is 19. The minimum absolute atomic E-state index is 0.316. The van der Waals surface area contributed by atoms with Crippen LogP contribution in [0.15, 0.2) is 0 Å². The zero-order valence-electron chi connectivity index (χ0n) is 20.0. The Balaban J connectivity index is 3.64. The molecule has 1 atom stereocenters. The Morgan fingerprint density at radius 2 is 0.963 bits per heavy atom. The highest BCUT2D eigenvalue weighted by atomic mass is 28.4. The summed E-state index contributed by atoms with van der Waals surface area (Å²) < 4.78 is 12.5. The molecule has 164 valence electrons. The molecule has 0 rings (SSSR count). The van der Waals surface area contributed by atoms with E-state index < -0.39 is 16.6 Å². The van der Waals surface area contributed by atoms with Crippen molar-refractivity contribution in [3.8, 4) is 0 Å². The highest BCUT2D eigenvalue weighted by Gasteiger charge is 2.23. The zero-order valence-corrected chi connectivity index (χ0v) is 22.0. The molecule has 0 aromatic heterocycles. The van der Waals surface area contributed by atoms with Gasteiger partial charge >= 0.3 is 0 Å². The molecule has 0 saturated heterocycles. The first-order valence-corrected chi connectivity index (χ1v) is 18.8. The first-order valence-electron chi connectivity index (χ1n) is 12.0. The molecule has 0 aromatic rings. The second-order valence-corrected chi connectivity index (χ2v) is 19.3. The molecule has 0 heterocycles. The van der Waals surface area contributed by atoms with Gasteiger partial charge in [-0.15, -0.1) is 0 Å². The molecule has 0 aliphatic rings. The summed E-state index contributed by atoms with van der Waals surface area (Å²) in [5.74, 6) is 0. The van der Waals surface area contributed by atoms with E-state index in [9.17, 15) is 0 Å². The molecule has 0 N–H and O–H groups in total. The van der Waals surface area contributed by atoms with E-state index in [-0.39, 0.29) is 0 Å². The van der Waals surface area contributed by atoms with Crippen LogP contribution in [0.4, 0.5) is 0 Å². The van der Waals surface area contributed by atoms with Crippen LogP contribution >= 0.6 is 0 Å². The van der Waals surface area contributed by atoms with Crippen LogP contribution in [0.5, 0.6) is 0 Å². The van der Waals surface area contributed by atoms with E-state index >= 15 is 0 Å². The lowest BCUT2D eigenvalue weighted by atomic mass is 10.0. The van der Waals surface area contributed by atoms with Gasteiger partial charge in [-0.1, -0.05) is 90.4 Å². The monoisotopic (exact) mass is 416 g/mol. The van der Waals surface area contributed by atoms with Gasteiger partial charge < -0.3 is 8.85 Å². The predicted octanol–water partition coefficient (Wildman–Crippen LogP) is 8.54. The molecule has 2 nitrogen and oxygen atoms in total. The Labute approximate surface area is 174 Å². The summed E-state index contributed by atoms with van der Waals surface area (Å²) in [4.78, 5) is 0. The van der Waals surface area contributed by atoms with E-state index in [1.165, 1.54) is 89.9 Å². The summed E-state index contributed by atoms with van der Waals surface area (Å²) in [5, 5.41) is 0. The highest BCUT2D eigenvalue weighted by Crippen LogP contribution is 2.17. The summed E-state index contributed by atoms with van der Waals surface area (Å²) >= 11 is 0. The van der Waals surface area contributed by atoms with Crippen molar-refractivity contribution < 1.29 is 8.85 Å². The molecule has 4 heteroatoms. The highest BCUT2D eigenvalue weighted by molar-refractivity contribution is 6.70. The Morgan fingerprint density at radius 3 is 1.33 bits per heavy atom. The summed E-state index contributed by atoms with van der Waals surface area (Å²) in [5.41, 5.74) is 0. The van der Waals surface area contributed by atoms with Crippen molar-refractivity contribution in [2.24, 2.45) is 0 Å². The molecule has 0 radical (unpaired) electrons. The van der Waals surface area contributed by atoms with Gasteiger partial charge in [0.1, 0.15) is 0 Å². The maximum Gasteiger partial charge on any atom is 0.184 e. The fourth-order valence-corrected chi connectivity index (χ4v) is 5.28. The molecule has 0 amide bonds. The van der Waals surface area contributed by atoms with Crippen LogP contribution in [0.1, 0.15) is 96.8 Å². The van der Waals surface area contributed by atoms with Gasteiger partial charge in [0.2, 0.25) is 0 Å². The zero-order chi connectivity index (χ0) is 20.6. The third kappa shape index (κ3) is 22.5. The molecule has 0 bridgehead atoms. The quantitative estimate of drug-likeness (QED) is 0.155. The molecule has 0 aromatic carbocycles. The van der Waals surface area contributed by atoms with Crippen LogP contribution in [0.3, 0.4) is 0 Å². The van der Waals surface area contributed by atoms with Gasteiger partial charge in [-0.2, -0.15) is 0 Å². The standard InChI is InChI=1S/C23H52O2Si2/c1-8-9-10-11-12-13-14-15-16-17-18-19-20-21-23(25-27(5,6)7)22-24-26(2,3)4/h23H,8-22H2,1-7H3. The van der Waals surface area contributed by atoms with Gasteiger partial charge in [0, 0.05) is 0 Å². The second-order valence-electron chi connectivity index (χ2n) is 10.3. The lowest BCUT2D eigenvalue weighted by Crippen LogP contribution is -2.38. The third-order valence-corrected chi connectivity index (χ3v) is 6.93. The fraction of sp³-hybridized carbons (Fsp3) is 1.00. The molecule has 1 unspecified atom stereocenters. The summed E-state index contributed by atoms with van der Waals surface area (Å²) in [6.45, 7) is 16.8. The lowest BCUT2D eigenvalue weighted by Gasteiger charge is -2.29. The smallest absolute Gasteiger partial charge is 0.184 e. The molecule has 0 aliphatic carbocycles. The maximum absolute atomic E-state index is 6.38. The summed E-state index contributed by atoms with van der Waals surface area (Å²) in [6, 6.07) is 0. The molecule has 0 aliphatic heterocycles. The Morgan fingerprint density at radius 1 is 0.556 bits per heavy atom. The number of unbranched alkanes of at least 4 members (excludes halogenated alkanes) is 12. The van der Waals surface area contributed by atoms with Crippen LogP contribution in [0.2, 0.25) is 39.3 Å². The second kappa shape index (κ2) is 16.2. The fourth-order valence-electron chi connectivity index (χ4n) is 3.41. The van der Waals surface area contributed by atoms with Crippen LogP contribution in [0.25, 0.3) is 0 Å². The van der Waals surface area contributed by atoms with Gasteiger partial charge in [0.25, 0.3) is 0 Å². The SMILES string of the molecule is CCCCCCCCCCCCCCCC(CO[Si](C)(C)C)O[Si](C)(C)C. The Kier molecular flexibility index (Phi) is 16.4. The van der Waals surface area contributed by atoms with Gasteiger partial charge in [-0.05, 0) is 45.7 Å². The third-order valence-electron chi connectivity index (χ3n) is 4.85. The van der Waals surface area contributed by atoms with E-state index in [0.717, 1.165) is 6.61 Å². The van der Waals surface area contributed by atoms with E-state index in [1.807, 2.05) is 0 Å². The van der Waals surface area contributed by atoms with Crippen molar-refractivity contribution in [1.29, 1.82) is 0 Å². The van der Waals surface area contributed by atoms with Gasteiger partial charge in [0.05, 0.1) is 12.7 Å². The van der Waals surface area contributed by atoms with Crippen molar-refractivity contribution in [3.05, 3.63) is 0 Å². The molecular weight excluding hydrogens is 364 g/mol. The predicted molar refractivity (Wildman–Crippen MR) is 128 cm³/mol. The van der Waals surface area contributed by atoms with E-state index in [4.69, 9.17) is 8.85 Å². The van der Waals surface area contributed by atoms with E-state index in [1.54, 1.807) is 0 Å². The first-order chi connectivity index (χ1) is 12.6. The van der Waals surface area contributed by atoms with Crippen LogP contribution in [-0.2, 0) is 8.85 Å². The van der Waals surface area contributed by atoms with Crippen LogP contribution in [-0.4, -0.2) is 29.3 Å². The van der Waals surface area contributed by atoms with Crippen molar-refractivity contribution in [2.45, 2.75) is 142 Å². The number of hydrogen-bond donors (Lipinski definition) is 0. The topological polar surface area (TPSA) is 18.5 Å². The molecular formula is C23H52O2Si2. The van der Waals surface area contributed by atoms with E-state index in [2.05, 4.69) is 46.2 Å². The average molecular weight is 417 g/mol. The van der Waals surface area contributed by atoms with Crippen LogP contribution in [0, 0.1) is 0 Å². The van der Waals surface area contributed by atoms with Gasteiger partial charge in [-0.3, -0.25) is 0 Å². The normalized spacial score (nSPS) is 13.9. The average Bonchev–Trinajstić information content (AvgIpc) is 2.54. The first kappa shape index (κ1) is 27.4. The molecule has 0 saturated carbocycles. The lowest BCUT2D eigenvalue weighted by molar-refractivity contribution is 0.109. The van der Waals surface area contributed by atoms with Gasteiger partial charge in [0.15, 0.2) is 16.6 Å². The van der Waals surface area contributed by atoms with Crippen molar-refractivity contribution in [3.63, 3.8) is 0 Å². The number of hydrogen-bond acceptors (Lipinski definition) is 2. The maximum atomic E-state index is 6.38. The summed E-state index contributed by atoms with van der Waals surface area (Å²) in [7, 11) is -2.93. The largest absolute Gasteiger partial charge is 0.415 e. The van der Waals surface area contributed by atoms with Crippen molar-refractivity contribution in [2.75, 3.05) is 6.61 Å². The minimum atomic E-state index is -1.49. The molecule has 0 spiro atoms. The van der Waals surface area contributed by atoms with Crippen LogP contribution < -0.4 is 0 Å². The van der Waals surface area contributed by atoms with E-state index in [0.29, 0.717) is 6.10 Å².